The van der Waals surface area contributed by atoms with Crippen molar-refractivity contribution in [2.75, 3.05) is 13.7 Å². The molecule has 4 rings (SSSR count). The molecule has 31 heavy (non-hydrogen) atoms. The van der Waals surface area contributed by atoms with E-state index in [-0.39, 0.29) is 12.5 Å². The number of allylic oxidation sites excluding steroid dienone is 1. The third-order valence-electron chi connectivity index (χ3n) is 4.98. The summed E-state index contributed by atoms with van der Waals surface area (Å²) in [6.07, 6.45) is 4.92. The van der Waals surface area contributed by atoms with Crippen molar-refractivity contribution in [2.45, 2.75) is 19.9 Å². The van der Waals surface area contributed by atoms with Crippen LogP contribution in [0.4, 0.5) is 0 Å². The number of aromatic nitrogens is 1. The van der Waals surface area contributed by atoms with E-state index >= 15 is 0 Å². The summed E-state index contributed by atoms with van der Waals surface area (Å²) in [4.78, 5) is 37.2. The summed E-state index contributed by atoms with van der Waals surface area (Å²) < 4.78 is 10.9. The second-order valence-electron chi connectivity index (χ2n) is 6.81. The minimum atomic E-state index is -0.710. The largest absolute Gasteiger partial charge is 0.496 e. The van der Waals surface area contributed by atoms with E-state index in [1.165, 1.54) is 16.7 Å². The minimum absolute atomic E-state index is 0.222. The standard InChI is InChI=1S/C23H21N3O4S/c1-4-30-22(28)20-14(2)25-23-26(21(20)16-7-5-6-8-17(16)29-3)19(27)13-18(31-23)15-9-11-24-12-10-15/h5-13,21H,4H2,1-3H3. The van der Waals surface area contributed by atoms with Gasteiger partial charge < -0.3 is 9.47 Å². The topological polar surface area (TPSA) is 81.1 Å². The first-order chi connectivity index (χ1) is 15.0. The number of carbonyl (C=O) groups is 2. The summed E-state index contributed by atoms with van der Waals surface area (Å²) >= 11 is 1.38. The van der Waals surface area contributed by atoms with Gasteiger partial charge in [-0.2, -0.15) is 0 Å². The maximum Gasteiger partial charge on any atom is 0.338 e. The van der Waals surface area contributed by atoms with E-state index in [9.17, 15) is 9.59 Å². The molecule has 1 atom stereocenters. The van der Waals surface area contributed by atoms with Gasteiger partial charge in [-0.25, -0.2) is 9.79 Å². The molecule has 7 nitrogen and oxygen atoms in total. The van der Waals surface area contributed by atoms with Crippen molar-refractivity contribution in [3.63, 3.8) is 0 Å². The number of ether oxygens (including phenoxy) is 2. The first kappa shape index (κ1) is 20.9. The van der Waals surface area contributed by atoms with Gasteiger partial charge in [-0.05, 0) is 37.6 Å². The van der Waals surface area contributed by atoms with Gasteiger partial charge in [-0.15, -0.1) is 0 Å². The monoisotopic (exact) mass is 435 g/mol. The maximum atomic E-state index is 13.4. The van der Waals surface area contributed by atoms with Crippen molar-refractivity contribution < 1.29 is 19.1 Å². The summed E-state index contributed by atoms with van der Waals surface area (Å²) in [6, 6.07) is 10.3. The first-order valence-electron chi connectivity index (χ1n) is 9.77. The van der Waals surface area contributed by atoms with E-state index in [0.717, 1.165) is 10.5 Å². The second kappa shape index (κ2) is 8.77. The highest BCUT2D eigenvalue weighted by Gasteiger charge is 2.43. The lowest BCUT2D eigenvalue weighted by Gasteiger charge is -2.38. The Kier molecular flexibility index (Phi) is 5.90. The summed E-state index contributed by atoms with van der Waals surface area (Å²) in [5, 5.41) is 0.501. The Morgan fingerprint density at radius 3 is 2.65 bits per heavy atom. The lowest BCUT2D eigenvalue weighted by molar-refractivity contribution is -0.139. The number of pyridine rings is 1. The van der Waals surface area contributed by atoms with E-state index < -0.39 is 12.0 Å². The highest BCUT2D eigenvalue weighted by molar-refractivity contribution is 8.21. The Morgan fingerprint density at radius 2 is 1.94 bits per heavy atom. The average Bonchev–Trinajstić information content (AvgIpc) is 2.78. The Morgan fingerprint density at radius 1 is 1.19 bits per heavy atom. The molecule has 8 heteroatoms. The first-order valence-corrected chi connectivity index (χ1v) is 10.6. The molecule has 1 unspecified atom stereocenters. The third kappa shape index (κ3) is 3.86. The molecule has 1 aromatic carbocycles. The molecular formula is C23H21N3O4S. The number of rotatable bonds is 5. The van der Waals surface area contributed by atoms with Gasteiger partial charge in [-0.1, -0.05) is 30.0 Å². The van der Waals surface area contributed by atoms with Crippen molar-refractivity contribution >= 4 is 33.7 Å². The van der Waals surface area contributed by atoms with E-state index in [1.54, 1.807) is 45.5 Å². The summed E-state index contributed by atoms with van der Waals surface area (Å²) in [5.74, 6) is -0.194. The Labute approximate surface area is 184 Å². The molecule has 2 aromatic rings. The number of amides is 1. The zero-order valence-electron chi connectivity index (χ0n) is 17.4. The zero-order valence-corrected chi connectivity index (χ0v) is 18.2. The molecule has 0 saturated heterocycles. The molecule has 1 aromatic heterocycles. The zero-order chi connectivity index (χ0) is 22.0. The highest BCUT2D eigenvalue weighted by Crippen LogP contribution is 2.45. The van der Waals surface area contributed by atoms with Crippen LogP contribution in [0.15, 0.2) is 71.1 Å². The predicted molar refractivity (Wildman–Crippen MR) is 119 cm³/mol. The summed E-state index contributed by atoms with van der Waals surface area (Å²) in [5.41, 5.74) is 2.40. The Bertz CT molecular complexity index is 1120. The van der Waals surface area contributed by atoms with E-state index in [4.69, 9.17) is 9.47 Å². The van der Waals surface area contributed by atoms with Gasteiger partial charge in [0.25, 0.3) is 5.91 Å². The molecule has 0 fully saturated rings. The SMILES string of the molecule is CCOC(=O)C1=C(C)N=C2SC(c3ccncc3)=CC(=O)N2C1c1ccccc1OC. The van der Waals surface area contributed by atoms with Gasteiger partial charge in [0.05, 0.1) is 25.0 Å². The molecule has 0 N–H and O–H groups in total. The number of carbonyl (C=O) groups excluding carboxylic acids is 2. The van der Waals surface area contributed by atoms with Crippen molar-refractivity contribution in [1.29, 1.82) is 0 Å². The van der Waals surface area contributed by atoms with E-state index in [1.807, 2.05) is 30.3 Å². The number of thioether (sulfide) groups is 1. The van der Waals surface area contributed by atoms with Crippen molar-refractivity contribution in [2.24, 2.45) is 4.99 Å². The normalized spacial score (nSPS) is 18.2. The molecule has 0 radical (unpaired) electrons. The van der Waals surface area contributed by atoms with Crippen molar-refractivity contribution in [1.82, 2.24) is 9.88 Å². The Hall–Kier alpha value is -3.39. The van der Waals surface area contributed by atoms with Crippen LogP contribution in [0.3, 0.4) is 0 Å². The number of nitrogens with zero attached hydrogens (tertiary/aromatic N) is 3. The number of benzene rings is 1. The predicted octanol–water partition coefficient (Wildman–Crippen LogP) is 3.95. The van der Waals surface area contributed by atoms with Crippen LogP contribution in [0, 0.1) is 0 Å². The lowest BCUT2D eigenvalue weighted by Crippen LogP contribution is -2.44. The van der Waals surface area contributed by atoms with Gasteiger partial charge >= 0.3 is 5.97 Å². The molecular weight excluding hydrogens is 414 g/mol. The number of amidine groups is 1. The molecule has 0 saturated carbocycles. The van der Waals surface area contributed by atoms with Crippen molar-refractivity contribution in [3.8, 4) is 5.75 Å². The number of hydrogen-bond donors (Lipinski definition) is 0. The molecule has 158 valence electrons. The fraction of sp³-hybridized carbons (Fsp3) is 0.217. The van der Waals surface area contributed by atoms with Crippen LogP contribution in [0.2, 0.25) is 0 Å². The van der Waals surface area contributed by atoms with Gasteiger partial charge in [-0.3, -0.25) is 14.7 Å². The van der Waals surface area contributed by atoms with Crippen LogP contribution >= 0.6 is 11.8 Å². The number of fused-ring (bicyclic) bond motifs is 1. The molecule has 2 aliphatic heterocycles. The summed E-state index contributed by atoms with van der Waals surface area (Å²) in [7, 11) is 1.56. The molecule has 0 bridgehead atoms. The van der Waals surface area contributed by atoms with Gasteiger partial charge in [0.15, 0.2) is 5.17 Å². The molecule has 3 heterocycles. The number of hydrogen-bond acceptors (Lipinski definition) is 7. The molecule has 0 spiro atoms. The lowest BCUT2D eigenvalue weighted by atomic mass is 9.93. The number of aliphatic imine (C=N–C) groups is 1. The van der Waals surface area contributed by atoms with Gasteiger partial charge in [0.1, 0.15) is 11.8 Å². The maximum absolute atomic E-state index is 13.4. The van der Waals surface area contributed by atoms with Gasteiger partial charge in [0, 0.05) is 28.9 Å². The minimum Gasteiger partial charge on any atom is -0.496 e. The van der Waals surface area contributed by atoms with Gasteiger partial charge in [0.2, 0.25) is 0 Å². The second-order valence-corrected chi connectivity index (χ2v) is 7.82. The van der Waals surface area contributed by atoms with Crippen LogP contribution < -0.4 is 4.74 Å². The van der Waals surface area contributed by atoms with E-state index in [0.29, 0.717) is 27.8 Å². The molecule has 2 aliphatic rings. The van der Waals surface area contributed by atoms with Crippen LogP contribution in [-0.2, 0) is 14.3 Å². The summed E-state index contributed by atoms with van der Waals surface area (Å²) in [6.45, 7) is 3.73. The van der Waals surface area contributed by atoms with Crippen LogP contribution in [-0.4, -0.2) is 40.6 Å². The number of esters is 1. The quantitative estimate of drug-likeness (QED) is 0.662. The smallest absolute Gasteiger partial charge is 0.338 e. The van der Waals surface area contributed by atoms with Crippen LogP contribution in [0.5, 0.6) is 5.75 Å². The highest BCUT2D eigenvalue weighted by atomic mass is 32.2. The van der Waals surface area contributed by atoms with Crippen molar-refractivity contribution in [3.05, 3.63) is 77.3 Å². The van der Waals surface area contributed by atoms with E-state index in [2.05, 4.69) is 9.98 Å². The average molecular weight is 436 g/mol. The number of methoxy groups -OCH3 is 1. The fourth-order valence-electron chi connectivity index (χ4n) is 3.61. The fourth-order valence-corrected chi connectivity index (χ4v) is 4.70. The van der Waals surface area contributed by atoms with Crippen LogP contribution in [0.1, 0.15) is 31.0 Å². The Balaban J connectivity index is 1.87. The molecule has 1 amide bonds. The number of para-hydroxylation sites is 1. The third-order valence-corrected chi connectivity index (χ3v) is 6.02. The molecule has 0 aliphatic carbocycles. The van der Waals surface area contributed by atoms with Crippen LogP contribution in [0.25, 0.3) is 4.91 Å².